The van der Waals surface area contributed by atoms with Gasteiger partial charge in [0.15, 0.2) is 0 Å². The van der Waals surface area contributed by atoms with E-state index in [2.05, 4.69) is 36.4 Å². The van der Waals surface area contributed by atoms with E-state index >= 15 is 0 Å². The predicted octanol–water partition coefficient (Wildman–Crippen LogP) is 2.48. The molecule has 0 spiro atoms. The molecule has 1 aromatic carbocycles. The van der Waals surface area contributed by atoms with Crippen LogP contribution in [-0.4, -0.2) is 14.5 Å². The summed E-state index contributed by atoms with van der Waals surface area (Å²) in [5, 5.41) is 2.64. The number of amides is 1. The zero-order chi connectivity index (χ0) is 11.3. The molecule has 0 aromatic heterocycles. The lowest BCUT2D eigenvalue weighted by molar-refractivity contribution is -0.105. The lowest BCUT2D eigenvalue weighted by atomic mass is 10.2. The van der Waals surface area contributed by atoms with Gasteiger partial charge in [-0.25, -0.2) is 0 Å². The van der Waals surface area contributed by atoms with Gasteiger partial charge in [0.25, 0.3) is 0 Å². The number of hydrogen-bond donors (Lipinski definition) is 1. The highest BCUT2D eigenvalue weighted by molar-refractivity contribution is 6.83. The van der Waals surface area contributed by atoms with Gasteiger partial charge in [-0.3, -0.25) is 4.79 Å². The van der Waals surface area contributed by atoms with E-state index in [0.29, 0.717) is 6.41 Å². The largest absolute Gasteiger partial charge is 0.328 e. The molecule has 0 atom stereocenters. The molecule has 78 valence electrons. The van der Waals surface area contributed by atoms with Crippen LogP contribution < -0.4 is 5.32 Å². The predicted molar refractivity (Wildman–Crippen MR) is 66.4 cm³/mol. The van der Waals surface area contributed by atoms with E-state index in [1.54, 1.807) is 0 Å². The number of carbonyl (C=O) groups excluding carboxylic acids is 1. The Morgan fingerprint density at radius 3 is 2.53 bits per heavy atom. The Bertz CT molecular complexity index is 410. The van der Waals surface area contributed by atoms with E-state index in [1.807, 2.05) is 24.3 Å². The Balaban J connectivity index is 3.02. The van der Waals surface area contributed by atoms with Gasteiger partial charge >= 0.3 is 0 Å². The SMILES string of the molecule is C[Si](C)(C)C#Cc1ccccc1NC=O. The van der Waals surface area contributed by atoms with Crippen molar-refractivity contribution in [2.45, 2.75) is 19.6 Å². The van der Waals surface area contributed by atoms with Crippen LogP contribution in [0.4, 0.5) is 5.69 Å². The number of para-hydroxylation sites is 1. The van der Waals surface area contributed by atoms with Gasteiger partial charge in [0, 0.05) is 5.56 Å². The first-order chi connectivity index (χ1) is 7.03. The van der Waals surface area contributed by atoms with E-state index in [4.69, 9.17) is 0 Å². The van der Waals surface area contributed by atoms with Crippen molar-refractivity contribution in [3.05, 3.63) is 29.8 Å². The number of hydrogen-bond acceptors (Lipinski definition) is 1. The molecule has 0 aliphatic carbocycles. The third-order valence-corrected chi connectivity index (χ3v) is 2.59. The molecule has 1 N–H and O–H groups in total. The molecule has 1 amide bonds. The van der Waals surface area contributed by atoms with Crippen molar-refractivity contribution in [2.24, 2.45) is 0 Å². The van der Waals surface area contributed by atoms with Crippen molar-refractivity contribution < 1.29 is 4.79 Å². The van der Waals surface area contributed by atoms with Gasteiger partial charge in [0.1, 0.15) is 8.07 Å². The van der Waals surface area contributed by atoms with E-state index < -0.39 is 8.07 Å². The summed E-state index contributed by atoms with van der Waals surface area (Å²) in [6, 6.07) is 7.57. The molecule has 0 heterocycles. The minimum atomic E-state index is -1.36. The number of anilines is 1. The Morgan fingerprint density at radius 1 is 1.27 bits per heavy atom. The average molecular weight is 217 g/mol. The number of carbonyl (C=O) groups is 1. The highest BCUT2D eigenvalue weighted by atomic mass is 28.3. The minimum absolute atomic E-state index is 0.676. The molecular formula is C12H15NOSi. The highest BCUT2D eigenvalue weighted by Crippen LogP contribution is 2.12. The maximum absolute atomic E-state index is 10.4. The average Bonchev–Trinajstić information content (AvgIpc) is 2.16. The zero-order valence-corrected chi connectivity index (χ0v) is 10.3. The Hall–Kier alpha value is -1.53. The summed E-state index contributed by atoms with van der Waals surface area (Å²) in [5.41, 5.74) is 4.93. The molecule has 0 aliphatic heterocycles. The van der Waals surface area contributed by atoms with Crippen LogP contribution in [-0.2, 0) is 4.79 Å². The standard InChI is InChI=1S/C12H15NOSi/c1-15(2,3)9-8-11-6-4-5-7-12(11)13-10-14/h4-7,10H,1-3H3,(H,13,14). The Morgan fingerprint density at radius 2 is 1.93 bits per heavy atom. The molecule has 0 saturated carbocycles. The van der Waals surface area contributed by atoms with E-state index in [9.17, 15) is 4.79 Å². The summed E-state index contributed by atoms with van der Waals surface area (Å²) in [6.07, 6.45) is 0.676. The Labute approximate surface area is 91.7 Å². The van der Waals surface area contributed by atoms with Gasteiger partial charge in [-0.2, -0.15) is 0 Å². The van der Waals surface area contributed by atoms with Gasteiger partial charge < -0.3 is 5.32 Å². The van der Waals surface area contributed by atoms with E-state index in [1.165, 1.54) is 0 Å². The van der Waals surface area contributed by atoms with E-state index in [-0.39, 0.29) is 0 Å². The topological polar surface area (TPSA) is 29.1 Å². The van der Waals surface area contributed by atoms with Crippen molar-refractivity contribution in [2.75, 3.05) is 5.32 Å². The van der Waals surface area contributed by atoms with Crippen molar-refractivity contribution in [1.82, 2.24) is 0 Å². The minimum Gasteiger partial charge on any atom is -0.328 e. The van der Waals surface area contributed by atoms with Gasteiger partial charge in [-0.15, -0.1) is 5.54 Å². The van der Waals surface area contributed by atoms with Crippen LogP contribution in [0, 0.1) is 11.5 Å². The fourth-order valence-corrected chi connectivity index (χ4v) is 1.55. The van der Waals surface area contributed by atoms with Crippen LogP contribution in [0.1, 0.15) is 5.56 Å². The summed E-state index contributed by atoms with van der Waals surface area (Å²) >= 11 is 0. The van der Waals surface area contributed by atoms with E-state index in [0.717, 1.165) is 11.3 Å². The van der Waals surface area contributed by atoms with Crippen LogP contribution in [0.25, 0.3) is 0 Å². The zero-order valence-electron chi connectivity index (χ0n) is 9.29. The molecule has 0 bridgehead atoms. The molecule has 0 unspecified atom stereocenters. The molecule has 1 aromatic rings. The van der Waals surface area contributed by atoms with Gasteiger partial charge in [0.2, 0.25) is 6.41 Å². The third kappa shape index (κ3) is 4.01. The first-order valence-corrected chi connectivity index (χ1v) is 8.35. The van der Waals surface area contributed by atoms with Crippen molar-refractivity contribution >= 4 is 20.2 Å². The fraction of sp³-hybridized carbons (Fsp3) is 0.250. The maximum Gasteiger partial charge on any atom is 0.211 e. The second-order valence-corrected chi connectivity index (χ2v) is 9.06. The molecule has 3 heteroatoms. The molecular weight excluding hydrogens is 202 g/mol. The third-order valence-electron chi connectivity index (χ3n) is 1.71. The normalized spacial score (nSPS) is 10.1. The quantitative estimate of drug-likeness (QED) is 0.460. The first kappa shape index (κ1) is 11.5. The van der Waals surface area contributed by atoms with Crippen LogP contribution in [0.2, 0.25) is 19.6 Å². The summed E-state index contributed by atoms with van der Waals surface area (Å²) in [6.45, 7) is 6.57. The smallest absolute Gasteiger partial charge is 0.211 e. The summed E-state index contributed by atoms with van der Waals surface area (Å²) in [4.78, 5) is 10.4. The van der Waals surface area contributed by atoms with Crippen molar-refractivity contribution in [1.29, 1.82) is 0 Å². The number of nitrogens with one attached hydrogen (secondary N) is 1. The number of rotatable bonds is 2. The van der Waals surface area contributed by atoms with Gasteiger partial charge in [0.05, 0.1) is 5.69 Å². The first-order valence-electron chi connectivity index (χ1n) is 4.85. The molecule has 15 heavy (non-hydrogen) atoms. The van der Waals surface area contributed by atoms with Crippen molar-refractivity contribution in [3.8, 4) is 11.5 Å². The van der Waals surface area contributed by atoms with Crippen molar-refractivity contribution in [3.63, 3.8) is 0 Å². The maximum atomic E-state index is 10.4. The molecule has 0 aliphatic rings. The molecule has 0 saturated heterocycles. The van der Waals surface area contributed by atoms with Gasteiger partial charge in [-0.05, 0) is 12.1 Å². The van der Waals surface area contributed by atoms with Crippen LogP contribution in [0.3, 0.4) is 0 Å². The Kier molecular flexibility index (Phi) is 3.70. The lowest BCUT2D eigenvalue weighted by Crippen LogP contribution is -2.16. The highest BCUT2D eigenvalue weighted by Gasteiger charge is 2.07. The lowest BCUT2D eigenvalue weighted by Gasteiger charge is -2.05. The summed E-state index contributed by atoms with van der Waals surface area (Å²) < 4.78 is 0. The monoisotopic (exact) mass is 217 g/mol. The fourth-order valence-electron chi connectivity index (χ4n) is 1.04. The molecule has 1 rings (SSSR count). The molecule has 2 nitrogen and oxygen atoms in total. The van der Waals surface area contributed by atoms with Crippen LogP contribution >= 0.6 is 0 Å². The summed E-state index contributed by atoms with van der Waals surface area (Å²) in [7, 11) is -1.36. The van der Waals surface area contributed by atoms with Gasteiger partial charge in [-0.1, -0.05) is 37.7 Å². The summed E-state index contributed by atoms with van der Waals surface area (Å²) in [5.74, 6) is 3.13. The molecule has 0 fully saturated rings. The number of benzene rings is 1. The second-order valence-electron chi connectivity index (χ2n) is 4.31. The van der Waals surface area contributed by atoms with Crippen LogP contribution in [0.15, 0.2) is 24.3 Å². The second kappa shape index (κ2) is 4.81. The van der Waals surface area contributed by atoms with Crippen LogP contribution in [0.5, 0.6) is 0 Å². The molecule has 0 radical (unpaired) electrons.